The van der Waals surface area contributed by atoms with E-state index in [-0.39, 0.29) is 5.91 Å². The average molecular weight is 284 g/mol. The van der Waals surface area contributed by atoms with Gasteiger partial charge in [0.1, 0.15) is 12.7 Å². The van der Waals surface area contributed by atoms with Crippen molar-refractivity contribution >= 4 is 5.91 Å². The van der Waals surface area contributed by atoms with Gasteiger partial charge in [-0.05, 0) is 43.0 Å². The Morgan fingerprint density at radius 2 is 2.00 bits per heavy atom. The van der Waals surface area contributed by atoms with E-state index in [1.807, 2.05) is 24.3 Å². The molecule has 3 rings (SSSR count). The number of benzene rings is 1. The Labute approximate surface area is 124 Å². The Morgan fingerprint density at radius 3 is 2.67 bits per heavy atom. The molecule has 0 radical (unpaired) electrons. The zero-order valence-corrected chi connectivity index (χ0v) is 12.2. The van der Waals surface area contributed by atoms with Crippen LogP contribution in [0.3, 0.4) is 0 Å². The van der Waals surface area contributed by atoms with Crippen molar-refractivity contribution in [1.82, 2.24) is 20.1 Å². The molecule has 0 spiro atoms. The normalized spacial score (nSPS) is 22.0. The molecule has 1 aromatic heterocycles. The first kappa shape index (κ1) is 13.8. The van der Waals surface area contributed by atoms with Gasteiger partial charge in [0.05, 0.1) is 5.69 Å². The fourth-order valence-electron chi connectivity index (χ4n) is 2.89. The van der Waals surface area contributed by atoms with Gasteiger partial charge in [-0.15, -0.1) is 0 Å². The Hall–Kier alpha value is -2.17. The first-order chi connectivity index (χ1) is 10.2. The lowest BCUT2D eigenvalue weighted by molar-refractivity contribution is 0.0910. The molecule has 5 heteroatoms. The van der Waals surface area contributed by atoms with Crippen LogP contribution in [0.5, 0.6) is 0 Å². The van der Waals surface area contributed by atoms with Crippen LogP contribution in [0.2, 0.25) is 0 Å². The molecule has 0 saturated heterocycles. The number of hydrogen-bond acceptors (Lipinski definition) is 3. The lowest BCUT2D eigenvalue weighted by atomic mass is 9.86. The first-order valence-corrected chi connectivity index (χ1v) is 7.50. The van der Waals surface area contributed by atoms with Gasteiger partial charge in [-0.25, -0.2) is 9.67 Å². The quantitative estimate of drug-likeness (QED) is 0.942. The van der Waals surface area contributed by atoms with Gasteiger partial charge in [-0.3, -0.25) is 4.79 Å². The second-order valence-corrected chi connectivity index (χ2v) is 5.73. The Morgan fingerprint density at radius 1 is 1.24 bits per heavy atom. The molecule has 0 unspecified atom stereocenters. The van der Waals surface area contributed by atoms with Crippen LogP contribution in [-0.4, -0.2) is 26.7 Å². The van der Waals surface area contributed by atoms with E-state index in [0.717, 1.165) is 12.1 Å². The van der Waals surface area contributed by atoms with Crippen molar-refractivity contribution in [3.05, 3.63) is 42.5 Å². The summed E-state index contributed by atoms with van der Waals surface area (Å²) >= 11 is 0. The van der Waals surface area contributed by atoms with Gasteiger partial charge in [0, 0.05) is 11.6 Å². The van der Waals surface area contributed by atoms with E-state index in [1.165, 1.54) is 25.6 Å². The summed E-state index contributed by atoms with van der Waals surface area (Å²) in [6.45, 7) is 2.22. The van der Waals surface area contributed by atoms with Crippen LogP contribution >= 0.6 is 0 Å². The maximum absolute atomic E-state index is 12.3. The molecule has 1 aliphatic rings. The minimum absolute atomic E-state index is 0.0129. The predicted molar refractivity (Wildman–Crippen MR) is 80.2 cm³/mol. The molecule has 1 fully saturated rings. The standard InChI is InChI=1S/C16H20N4O/c1-12-4-2-3-5-15(12)19-16(21)13-6-8-14(9-7-13)20-11-17-10-18-20/h6-12,15H,2-5H2,1H3,(H,19,21)/t12-,15+/m0/s1. The van der Waals surface area contributed by atoms with Gasteiger partial charge in [-0.2, -0.15) is 5.10 Å². The van der Waals surface area contributed by atoms with Gasteiger partial charge < -0.3 is 5.32 Å². The van der Waals surface area contributed by atoms with E-state index < -0.39 is 0 Å². The highest BCUT2D eigenvalue weighted by Gasteiger charge is 2.23. The highest BCUT2D eigenvalue weighted by molar-refractivity contribution is 5.94. The lowest BCUT2D eigenvalue weighted by Gasteiger charge is -2.29. The summed E-state index contributed by atoms with van der Waals surface area (Å²) in [4.78, 5) is 16.2. The van der Waals surface area contributed by atoms with Gasteiger partial charge in [0.15, 0.2) is 0 Å². The highest BCUT2D eigenvalue weighted by Crippen LogP contribution is 2.24. The SMILES string of the molecule is C[C@H]1CCCC[C@H]1NC(=O)c1ccc(-n2cncn2)cc1. The van der Waals surface area contributed by atoms with Crippen LogP contribution in [0.25, 0.3) is 5.69 Å². The van der Waals surface area contributed by atoms with Crippen LogP contribution in [0.4, 0.5) is 0 Å². The van der Waals surface area contributed by atoms with Crippen molar-refractivity contribution in [1.29, 1.82) is 0 Å². The second-order valence-electron chi connectivity index (χ2n) is 5.73. The van der Waals surface area contributed by atoms with Gasteiger partial charge >= 0.3 is 0 Å². The number of hydrogen-bond donors (Lipinski definition) is 1. The maximum Gasteiger partial charge on any atom is 0.251 e. The van der Waals surface area contributed by atoms with Gasteiger partial charge in [0.25, 0.3) is 5.91 Å². The number of aromatic nitrogens is 3. The van der Waals surface area contributed by atoms with E-state index in [1.54, 1.807) is 11.0 Å². The third-order valence-corrected chi connectivity index (χ3v) is 4.24. The summed E-state index contributed by atoms with van der Waals surface area (Å²) in [5, 5.41) is 7.23. The smallest absolute Gasteiger partial charge is 0.251 e. The zero-order chi connectivity index (χ0) is 14.7. The van der Waals surface area contributed by atoms with Crippen LogP contribution in [0.1, 0.15) is 43.0 Å². The molecule has 110 valence electrons. The molecule has 1 N–H and O–H groups in total. The second kappa shape index (κ2) is 6.08. The van der Waals surface area contributed by atoms with Gasteiger partial charge in [0.2, 0.25) is 0 Å². The van der Waals surface area contributed by atoms with Crippen molar-refractivity contribution in [3.8, 4) is 5.69 Å². The van der Waals surface area contributed by atoms with Crippen molar-refractivity contribution in [2.75, 3.05) is 0 Å². The maximum atomic E-state index is 12.3. The third kappa shape index (κ3) is 3.12. The molecule has 5 nitrogen and oxygen atoms in total. The number of carbonyl (C=O) groups excluding carboxylic acids is 1. The van der Waals surface area contributed by atoms with E-state index in [2.05, 4.69) is 22.3 Å². The largest absolute Gasteiger partial charge is 0.349 e. The summed E-state index contributed by atoms with van der Waals surface area (Å²) in [7, 11) is 0. The average Bonchev–Trinajstić information content (AvgIpc) is 3.04. The summed E-state index contributed by atoms with van der Waals surface area (Å²) < 4.78 is 1.67. The minimum Gasteiger partial charge on any atom is -0.349 e. The fourth-order valence-corrected chi connectivity index (χ4v) is 2.89. The molecule has 1 aliphatic carbocycles. The Balaban J connectivity index is 1.67. The lowest BCUT2D eigenvalue weighted by Crippen LogP contribution is -2.41. The molecular formula is C16H20N4O. The number of rotatable bonds is 3. The molecule has 21 heavy (non-hydrogen) atoms. The molecule has 1 heterocycles. The number of nitrogens with zero attached hydrogens (tertiary/aromatic N) is 3. The monoisotopic (exact) mass is 284 g/mol. The van der Waals surface area contributed by atoms with Crippen molar-refractivity contribution in [2.24, 2.45) is 5.92 Å². The highest BCUT2D eigenvalue weighted by atomic mass is 16.1. The fraction of sp³-hybridized carbons (Fsp3) is 0.438. The molecule has 0 aliphatic heterocycles. The summed E-state index contributed by atoms with van der Waals surface area (Å²) in [6, 6.07) is 7.74. The van der Waals surface area contributed by atoms with Crippen LogP contribution in [-0.2, 0) is 0 Å². The van der Waals surface area contributed by atoms with E-state index in [4.69, 9.17) is 0 Å². The predicted octanol–water partition coefficient (Wildman–Crippen LogP) is 2.58. The van der Waals surface area contributed by atoms with Crippen LogP contribution < -0.4 is 5.32 Å². The Kier molecular flexibility index (Phi) is 3.99. The topological polar surface area (TPSA) is 59.8 Å². The summed E-state index contributed by atoms with van der Waals surface area (Å²) in [6.07, 6.45) is 7.91. The minimum atomic E-state index is 0.0129. The summed E-state index contributed by atoms with van der Waals surface area (Å²) in [5.74, 6) is 0.580. The molecule has 1 aromatic carbocycles. The molecule has 0 bridgehead atoms. The van der Waals surface area contributed by atoms with Crippen LogP contribution in [0, 0.1) is 5.92 Å². The Bertz CT molecular complexity index is 591. The first-order valence-electron chi connectivity index (χ1n) is 7.50. The van der Waals surface area contributed by atoms with Gasteiger partial charge in [-0.1, -0.05) is 19.8 Å². The van der Waals surface area contributed by atoms with E-state index >= 15 is 0 Å². The molecule has 1 saturated carbocycles. The third-order valence-electron chi connectivity index (χ3n) is 4.24. The number of carbonyl (C=O) groups is 1. The van der Waals surface area contributed by atoms with Crippen molar-refractivity contribution < 1.29 is 4.79 Å². The zero-order valence-electron chi connectivity index (χ0n) is 12.2. The number of nitrogens with one attached hydrogen (secondary N) is 1. The van der Waals surface area contributed by atoms with Crippen LogP contribution in [0.15, 0.2) is 36.9 Å². The molecule has 1 amide bonds. The molecule has 2 aromatic rings. The van der Waals surface area contributed by atoms with Crippen molar-refractivity contribution in [2.45, 2.75) is 38.6 Å². The summed E-state index contributed by atoms with van der Waals surface area (Å²) in [5.41, 5.74) is 1.59. The van der Waals surface area contributed by atoms with E-state index in [0.29, 0.717) is 17.5 Å². The number of amides is 1. The molecule has 2 atom stereocenters. The van der Waals surface area contributed by atoms with E-state index in [9.17, 15) is 4.79 Å². The van der Waals surface area contributed by atoms with Crippen molar-refractivity contribution in [3.63, 3.8) is 0 Å². The molecular weight excluding hydrogens is 264 g/mol.